The Morgan fingerprint density at radius 2 is 2.14 bits per heavy atom. The Bertz CT molecular complexity index is 723. The first-order valence-corrected chi connectivity index (χ1v) is 7.00. The second-order valence-corrected chi connectivity index (χ2v) is 5.43. The third-order valence-corrected chi connectivity index (χ3v) is 3.03. The molecule has 1 aromatic carbocycles. The Kier molecular flexibility index (Phi) is 4.82. The van der Waals surface area contributed by atoms with Crippen LogP contribution in [0.25, 0.3) is 17.1 Å². The van der Waals surface area contributed by atoms with Crippen molar-refractivity contribution in [2.24, 2.45) is 5.92 Å². The number of rotatable bonds is 5. The smallest absolute Gasteiger partial charge is 0.354 e. The first kappa shape index (κ1) is 16.0. The largest absolute Gasteiger partial charge is 0.497 e. The SMILES string of the molecule is COc1cc(Cl)cc(-c2ncn(/C(=C\C(C)C)C(=O)O)n2)c1. The van der Waals surface area contributed by atoms with Gasteiger partial charge in [-0.3, -0.25) is 0 Å². The van der Waals surface area contributed by atoms with Crippen LogP contribution in [0.3, 0.4) is 0 Å². The van der Waals surface area contributed by atoms with Gasteiger partial charge in [0.2, 0.25) is 0 Å². The molecule has 0 atom stereocenters. The third-order valence-electron chi connectivity index (χ3n) is 2.81. The Morgan fingerprint density at radius 1 is 1.41 bits per heavy atom. The number of allylic oxidation sites excluding steroid dienone is 1. The molecule has 0 aliphatic rings. The van der Waals surface area contributed by atoms with E-state index in [1.165, 1.54) is 18.1 Å². The van der Waals surface area contributed by atoms with Gasteiger partial charge in [-0.15, -0.1) is 5.10 Å². The standard InChI is InChI=1S/C15H16ClN3O3/c1-9(2)4-13(15(20)21)19-8-17-14(18-19)10-5-11(16)7-12(6-10)22-3/h4-9H,1-3H3,(H,20,21)/b13-4-. The summed E-state index contributed by atoms with van der Waals surface area (Å²) >= 11 is 6.02. The molecular formula is C15H16ClN3O3. The average Bonchev–Trinajstić information content (AvgIpc) is 2.93. The van der Waals surface area contributed by atoms with Crippen LogP contribution in [0.15, 0.2) is 30.6 Å². The summed E-state index contributed by atoms with van der Waals surface area (Å²) in [6, 6.07) is 5.10. The van der Waals surface area contributed by atoms with Gasteiger partial charge in [-0.2, -0.15) is 0 Å². The highest BCUT2D eigenvalue weighted by atomic mass is 35.5. The summed E-state index contributed by atoms with van der Waals surface area (Å²) in [4.78, 5) is 15.5. The zero-order valence-corrected chi connectivity index (χ0v) is 13.2. The molecule has 0 saturated heterocycles. The van der Waals surface area contributed by atoms with Crippen LogP contribution >= 0.6 is 11.6 Å². The van der Waals surface area contributed by atoms with Crippen molar-refractivity contribution < 1.29 is 14.6 Å². The molecule has 0 bridgehead atoms. The van der Waals surface area contributed by atoms with E-state index in [0.29, 0.717) is 22.2 Å². The minimum atomic E-state index is -1.06. The molecule has 0 unspecified atom stereocenters. The van der Waals surface area contributed by atoms with Gasteiger partial charge in [-0.25, -0.2) is 14.5 Å². The van der Waals surface area contributed by atoms with Gasteiger partial charge in [-0.05, 0) is 30.2 Å². The van der Waals surface area contributed by atoms with Crippen molar-refractivity contribution in [1.82, 2.24) is 14.8 Å². The molecule has 2 aromatic rings. The Balaban J connectivity index is 2.43. The van der Waals surface area contributed by atoms with Gasteiger partial charge < -0.3 is 9.84 Å². The minimum absolute atomic E-state index is 0.0581. The van der Waals surface area contributed by atoms with Crippen LogP contribution in [0.2, 0.25) is 5.02 Å². The molecule has 2 rings (SSSR count). The highest BCUT2D eigenvalue weighted by molar-refractivity contribution is 6.31. The molecule has 0 aliphatic carbocycles. The van der Waals surface area contributed by atoms with Crippen LogP contribution in [0, 0.1) is 5.92 Å². The second-order valence-electron chi connectivity index (χ2n) is 4.99. The quantitative estimate of drug-likeness (QED) is 0.856. The van der Waals surface area contributed by atoms with E-state index in [0.717, 1.165) is 0 Å². The predicted molar refractivity (Wildman–Crippen MR) is 83.8 cm³/mol. The van der Waals surface area contributed by atoms with Gasteiger partial charge >= 0.3 is 5.97 Å². The number of halogens is 1. The molecule has 0 radical (unpaired) electrons. The van der Waals surface area contributed by atoms with Crippen molar-refractivity contribution in [1.29, 1.82) is 0 Å². The van der Waals surface area contributed by atoms with Gasteiger partial charge in [0.1, 0.15) is 17.8 Å². The number of carbonyl (C=O) groups is 1. The van der Waals surface area contributed by atoms with Gasteiger partial charge in [0, 0.05) is 10.6 Å². The maximum Gasteiger partial charge on any atom is 0.354 e. The van der Waals surface area contributed by atoms with Crippen molar-refractivity contribution in [3.8, 4) is 17.1 Å². The van der Waals surface area contributed by atoms with Crippen LogP contribution in [-0.4, -0.2) is 33.0 Å². The van der Waals surface area contributed by atoms with Crippen molar-refractivity contribution in [2.75, 3.05) is 7.11 Å². The van der Waals surface area contributed by atoms with E-state index in [4.69, 9.17) is 16.3 Å². The number of carboxylic acids is 1. The number of hydrogen-bond acceptors (Lipinski definition) is 4. The number of ether oxygens (including phenoxy) is 1. The molecule has 0 fully saturated rings. The monoisotopic (exact) mass is 321 g/mol. The van der Waals surface area contributed by atoms with Crippen LogP contribution in [0.1, 0.15) is 13.8 Å². The van der Waals surface area contributed by atoms with E-state index in [1.807, 2.05) is 13.8 Å². The fourth-order valence-corrected chi connectivity index (χ4v) is 2.11. The second kappa shape index (κ2) is 6.62. The van der Waals surface area contributed by atoms with Crippen molar-refractivity contribution in [2.45, 2.75) is 13.8 Å². The molecule has 1 aromatic heterocycles. The number of nitrogens with zero attached hydrogens (tertiary/aromatic N) is 3. The minimum Gasteiger partial charge on any atom is -0.497 e. The maximum atomic E-state index is 11.3. The zero-order valence-electron chi connectivity index (χ0n) is 12.4. The molecule has 1 N–H and O–H groups in total. The summed E-state index contributed by atoms with van der Waals surface area (Å²) in [7, 11) is 1.54. The summed E-state index contributed by atoms with van der Waals surface area (Å²) in [5.74, 6) is -0.0365. The highest BCUT2D eigenvalue weighted by Crippen LogP contribution is 2.26. The Hall–Kier alpha value is -2.34. The fourth-order valence-electron chi connectivity index (χ4n) is 1.88. The molecule has 0 spiro atoms. The average molecular weight is 322 g/mol. The summed E-state index contributed by atoms with van der Waals surface area (Å²) in [6.45, 7) is 3.78. The Morgan fingerprint density at radius 3 is 2.73 bits per heavy atom. The molecule has 0 amide bonds. The van der Waals surface area contributed by atoms with E-state index in [9.17, 15) is 9.90 Å². The molecule has 6 nitrogen and oxygen atoms in total. The number of aromatic nitrogens is 3. The summed E-state index contributed by atoms with van der Waals surface area (Å²) in [6.07, 6.45) is 2.98. The first-order valence-electron chi connectivity index (χ1n) is 6.63. The van der Waals surface area contributed by atoms with E-state index in [-0.39, 0.29) is 11.6 Å². The van der Waals surface area contributed by atoms with Crippen LogP contribution < -0.4 is 4.74 Å². The van der Waals surface area contributed by atoms with Crippen molar-refractivity contribution in [3.05, 3.63) is 35.6 Å². The molecular weight excluding hydrogens is 306 g/mol. The van der Waals surface area contributed by atoms with Crippen LogP contribution in [0.5, 0.6) is 5.75 Å². The van der Waals surface area contributed by atoms with Gasteiger partial charge in [-0.1, -0.05) is 25.4 Å². The van der Waals surface area contributed by atoms with Gasteiger partial charge in [0.15, 0.2) is 5.82 Å². The van der Waals surface area contributed by atoms with Crippen molar-refractivity contribution in [3.63, 3.8) is 0 Å². The summed E-state index contributed by atoms with van der Waals surface area (Å²) in [5, 5.41) is 14.0. The lowest BCUT2D eigenvalue weighted by atomic mass is 10.2. The maximum absolute atomic E-state index is 11.3. The molecule has 7 heteroatoms. The van der Waals surface area contributed by atoms with E-state index in [2.05, 4.69) is 10.1 Å². The van der Waals surface area contributed by atoms with E-state index in [1.54, 1.807) is 24.3 Å². The van der Waals surface area contributed by atoms with Crippen LogP contribution in [0.4, 0.5) is 0 Å². The lowest BCUT2D eigenvalue weighted by molar-refractivity contribution is -0.130. The molecule has 1 heterocycles. The summed E-state index contributed by atoms with van der Waals surface area (Å²) < 4.78 is 6.39. The number of methoxy groups -OCH3 is 1. The topological polar surface area (TPSA) is 77.2 Å². The number of carboxylic acid groups (broad SMARTS) is 1. The van der Waals surface area contributed by atoms with Gasteiger partial charge in [0.05, 0.1) is 7.11 Å². The highest BCUT2D eigenvalue weighted by Gasteiger charge is 2.14. The predicted octanol–water partition coefficient (Wildman–Crippen LogP) is 3.19. The fraction of sp³-hybridized carbons (Fsp3) is 0.267. The summed E-state index contributed by atoms with van der Waals surface area (Å²) in [5.41, 5.74) is 0.708. The molecule has 22 heavy (non-hydrogen) atoms. The molecule has 0 aliphatic heterocycles. The first-order chi connectivity index (χ1) is 10.4. The molecule has 0 saturated carbocycles. The van der Waals surface area contributed by atoms with Crippen LogP contribution in [-0.2, 0) is 4.79 Å². The third kappa shape index (κ3) is 3.65. The lowest BCUT2D eigenvalue weighted by Crippen LogP contribution is -2.09. The van der Waals surface area contributed by atoms with E-state index < -0.39 is 5.97 Å². The normalized spacial score (nSPS) is 11.8. The number of benzene rings is 1. The van der Waals surface area contributed by atoms with E-state index >= 15 is 0 Å². The van der Waals surface area contributed by atoms with Crippen molar-refractivity contribution >= 4 is 23.3 Å². The zero-order chi connectivity index (χ0) is 16.3. The number of aliphatic carboxylic acids is 1. The Labute approximate surface area is 133 Å². The lowest BCUT2D eigenvalue weighted by Gasteiger charge is -2.04. The van der Waals surface area contributed by atoms with Gasteiger partial charge in [0.25, 0.3) is 0 Å². The number of hydrogen-bond donors (Lipinski definition) is 1. The molecule has 116 valence electrons.